The maximum atomic E-state index is 2.43. The van der Waals surface area contributed by atoms with E-state index in [2.05, 4.69) is 264 Å². The molecular weight excluding hydrogens is 853 g/mol. The van der Waals surface area contributed by atoms with Crippen molar-refractivity contribution in [1.29, 1.82) is 0 Å². The average molecular weight is 895 g/mol. The summed E-state index contributed by atoms with van der Waals surface area (Å²) in [5, 5.41) is 12.6. The second-order valence-electron chi connectivity index (χ2n) is 18.1. The van der Waals surface area contributed by atoms with Crippen molar-refractivity contribution in [3.63, 3.8) is 0 Å². The highest BCUT2D eigenvalue weighted by Gasteiger charge is 2.19. The van der Waals surface area contributed by atoms with Gasteiger partial charge in [-0.3, -0.25) is 0 Å². The molecule has 14 rings (SSSR count). The lowest BCUT2D eigenvalue weighted by Crippen LogP contribution is -2.09. The third-order valence-corrected chi connectivity index (χ3v) is 15.3. The van der Waals surface area contributed by atoms with Gasteiger partial charge in [-0.1, -0.05) is 170 Å². The summed E-state index contributed by atoms with van der Waals surface area (Å²) >= 11 is 1.86. The van der Waals surface area contributed by atoms with Crippen molar-refractivity contribution < 1.29 is 0 Å². The van der Waals surface area contributed by atoms with Crippen molar-refractivity contribution in [3.05, 3.63) is 255 Å². The Bertz CT molecular complexity index is 4240. The number of nitrogens with zero attached hydrogens (tertiary/aromatic N) is 2. The molecule has 69 heavy (non-hydrogen) atoms. The number of benzene rings is 12. The predicted octanol–water partition coefficient (Wildman–Crippen LogP) is 19.1. The highest BCUT2D eigenvalue weighted by molar-refractivity contribution is 7.25. The summed E-state index contributed by atoms with van der Waals surface area (Å²) in [6.07, 6.45) is 0. The topological polar surface area (TPSA) is 8.17 Å². The van der Waals surface area contributed by atoms with Crippen molar-refractivity contribution in [1.82, 2.24) is 4.57 Å². The molecule has 0 bridgehead atoms. The number of rotatable bonds is 7. The predicted molar refractivity (Wildman–Crippen MR) is 297 cm³/mol. The zero-order valence-electron chi connectivity index (χ0n) is 37.6. The van der Waals surface area contributed by atoms with Gasteiger partial charge in [0.2, 0.25) is 0 Å². The van der Waals surface area contributed by atoms with E-state index in [0.29, 0.717) is 0 Å². The van der Waals surface area contributed by atoms with Gasteiger partial charge in [0.1, 0.15) is 0 Å². The van der Waals surface area contributed by atoms with Crippen LogP contribution >= 0.6 is 11.3 Å². The molecule has 2 aromatic heterocycles. The molecule has 0 saturated carbocycles. The van der Waals surface area contributed by atoms with E-state index in [9.17, 15) is 0 Å². The Morgan fingerprint density at radius 2 is 0.652 bits per heavy atom. The molecule has 3 heteroatoms. The minimum absolute atomic E-state index is 1.10. The highest BCUT2D eigenvalue weighted by atomic mass is 32.1. The first-order chi connectivity index (χ1) is 34.2. The van der Waals surface area contributed by atoms with Crippen LogP contribution in [0.25, 0.3) is 113 Å². The summed E-state index contributed by atoms with van der Waals surface area (Å²) in [6.45, 7) is 0. The lowest BCUT2D eigenvalue weighted by Gasteiger charge is -2.26. The van der Waals surface area contributed by atoms with Crippen LogP contribution in [0.3, 0.4) is 0 Å². The number of aromatic nitrogens is 1. The van der Waals surface area contributed by atoms with E-state index in [4.69, 9.17) is 0 Å². The maximum Gasteiger partial charge on any atom is 0.0541 e. The summed E-state index contributed by atoms with van der Waals surface area (Å²) in [5.74, 6) is 0. The minimum Gasteiger partial charge on any atom is -0.310 e. The number of thiophene rings is 1. The fraction of sp³-hybridized carbons (Fsp3) is 0. The van der Waals surface area contributed by atoms with Crippen LogP contribution in [0.2, 0.25) is 0 Å². The van der Waals surface area contributed by atoms with E-state index in [-0.39, 0.29) is 0 Å². The molecule has 2 nitrogen and oxygen atoms in total. The SMILES string of the molecule is c1ccc(-c2ccc(-n3c4ccc(-c5ccccc5)cc4c4cc(-c5ccc(N(c6ccc7sc8ccccc8c7c6)c6ccc7c8ccccc8c8ccccc8c7c6)cc5)ccc43)cc2)cc1. The molecular formula is C66H42N2S. The minimum atomic E-state index is 1.10. The first-order valence-corrected chi connectivity index (χ1v) is 24.5. The second-order valence-corrected chi connectivity index (χ2v) is 19.1. The van der Waals surface area contributed by atoms with Crippen LogP contribution < -0.4 is 4.90 Å². The Morgan fingerprint density at radius 1 is 0.246 bits per heavy atom. The van der Waals surface area contributed by atoms with Crippen molar-refractivity contribution >= 4 is 103 Å². The Kier molecular flexibility index (Phi) is 9.11. The van der Waals surface area contributed by atoms with E-state index in [1.165, 1.54) is 108 Å². The monoisotopic (exact) mass is 894 g/mol. The van der Waals surface area contributed by atoms with Gasteiger partial charge < -0.3 is 9.47 Å². The van der Waals surface area contributed by atoms with Gasteiger partial charge in [-0.15, -0.1) is 11.3 Å². The zero-order valence-corrected chi connectivity index (χ0v) is 38.4. The molecule has 0 aliphatic rings. The van der Waals surface area contributed by atoms with Gasteiger partial charge in [0, 0.05) is 53.7 Å². The standard InChI is InChI=1S/C66H42N2S/c1-3-13-43(14-4-1)45-23-31-50(32-24-45)68-63-36-27-47(44-15-5-2-6-16-44)39-60(63)61-40-48(28-37-64(61)68)46-25-29-49(30-26-46)67(52-34-38-66-62(42-52)58-21-11-12-22-65(58)69-66)51-33-35-57-55-19-8-7-17-53(55)54-18-9-10-20-56(54)59(57)41-51/h1-42H. The molecule has 2 heterocycles. The Morgan fingerprint density at radius 3 is 1.26 bits per heavy atom. The van der Waals surface area contributed by atoms with Crippen molar-refractivity contribution in [2.45, 2.75) is 0 Å². The molecule has 0 radical (unpaired) electrons. The van der Waals surface area contributed by atoms with E-state index >= 15 is 0 Å². The summed E-state index contributed by atoms with van der Waals surface area (Å²) in [6, 6.07) is 93.8. The molecule has 0 amide bonds. The molecule has 0 fully saturated rings. The van der Waals surface area contributed by atoms with E-state index in [1.807, 2.05) is 11.3 Å². The van der Waals surface area contributed by atoms with E-state index in [0.717, 1.165) is 22.7 Å². The Hall–Kier alpha value is -8.76. The van der Waals surface area contributed by atoms with Gasteiger partial charge in [0.05, 0.1) is 11.0 Å². The van der Waals surface area contributed by atoms with Gasteiger partial charge >= 0.3 is 0 Å². The highest BCUT2D eigenvalue weighted by Crippen LogP contribution is 2.44. The summed E-state index contributed by atoms with van der Waals surface area (Å²) < 4.78 is 5.02. The van der Waals surface area contributed by atoms with Crippen LogP contribution in [0, 0.1) is 0 Å². The molecule has 0 spiro atoms. The van der Waals surface area contributed by atoms with Gasteiger partial charge in [-0.25, -0.2) is 0 Å². The van der Waals surface area contributed by atoms with Gasteiger partial charge in [0.25, 0.3) is 0 Å². The molecule has 0 saturated heterocycles. The molecule has 0 N–H and O–H groups in total. The fourth-order valence-electron chi connectivity index (χ4n) is 10.9. The number of hydrogen-bond donors (Lipinski definition) is 0. The fourth-order valence-corrected chi connectivity index (χ4v) is 11.9. The van der Waals surface area contributed by atoms with E-state index in [1.54, 1.807) is 0 Å². The third-order valence-electron chi connectivity index (χ3n) is 14.2. The van der Waals surface area contributed by atoms with E-state index < -0.39 is 0 Å². The molecule has 322 valence electrons. The average Bonchev–Trinajstić information content (AvgIpc) is 3.96. The molecule has 0 atom stereocenters. The quantitative estimate of drug-likeness (QED) is 0.145. The van der Waals surface area contributed by atoms with Crippen molar-refractivity contribution in [3.8, 4) is 39.1 Å². The normalized spacial score (nSPS) is 11.8. The Balaban J connectivity index is 0.915. The van der Waals surface area contributed by atoms with Gasteiger partial charge in [0.15, 0.2) is 0 Å². The Labute approximate surface area is 403 Å². The van der Waals surface area contributed by atoms with Gasteiger partial charge in [-0.2, -0.15) is 0 Å². The number of hydrogen-bond acceptors (Lipinski definition) is 2. The molecule has 0 aliphatic heterocycles. The molecule has 12 aromatic carbocycles. The summed E-state index contributed by atoms with van der Waals surface area (Å²) in [4.78, 5) is 2.43. The maximum absolute atomic E-state index is 2.43. The summed E-state index contributed by atoms with van der Waals surface area (Å²) in [5.41, 5.74) is 14.1. The molecule has 0 unspecified atom stereocenters. The lowest BCUT2D eigenvalue weighted by molar-refractivity contribution is 1.18. The third kappa shape index (κ3) is 6.54. The van der Waals surface area contributed by atoms with Crippen LogP contribution in [0.15, 0.2) is 255 Å². The first-order valence-electron chi connectivity index (χ1n) is 23.6. The smallest absolute Gasteiger partial charge is 0.0541 e. The molecule has 14 aromatic rings. The number of anilines is 3. The van der Waals surface area contributed by atoms with Crippen LogP contribution in [0.1, 0.15) is 0 Å². The first kappa shape index (κ1) is 39.4. The zero-order chi connectivity index (χ0) is 45.4. The second kappa shape index (κ2) is 16.0. The van der Waals surface area contributed by atoms with Crippen molar-refractivity contribution in [2.24, 2.45) is 0 Å². The van der Waals surface area contributed by atoms with Crippen molar-refractivity contribution in [2.75, 3.05) is 4.90 Å². The van der Waals surface area contributed by atoms with Crippen LogP contribution in [0.4, 0.5) is 17.1 Å². The largest absolute Gasteiger partial charge is 0.310 e. The van der Waals surface area contributed by atoms with Gasteiger partial charge in [-0.05, 0) is 151 Å². The van der Waals surface area contributed by atoms with Crippen LogP contribution in [0.5, 0.6) is 0 Å². The lowest BCUT2D eigenvalue weighted by atomic mass is 9.94. The number of fused-ring (bicyclic) bond motifs is 12. The van der Waals surface area contributed by atoms with Crippen LogP contribution in [-0.4, -0.2) is 4.57 Å². The van der Waals surface area contributed by atoms with Crippen LogP contribution in [-0.2, 0) is 0 Å². The summed E-state index contributed by atoms with van der Waals surface area (Å²) in [7, 11) is 0. The molecule has 0 aliphatic carbocycles.